The Labute approximate surface area is 315 Å². The van der Waals surface area contributed by atoms with E-state index in [1.54, 1.807) is 0 Å². The van der Waals surface area contributed by atoms with Crippen LogP contribution in [0.3, 0.4) is 0 Å². The van der Waals surface area contributed by atoms with Crippen molar-refractivity contribution in [2.75, 3.05) is 0 Å². The fourth-order valence-electron chi connectivity index (χ4n) is 9.13. The molecule has 0 saturated heterocycles. The van der Waals surface area contributed by atoms with Crippen LogP contribution in [-0.2, 0) is 0 Å². The predicted octanol–water partition coefficient (Wildman–Crippen LogP) is 14.7. The topological polar surface area (TPSA) is 31.2 Å². The second kappa shape index (κ2) is 11.6. The van der Waals surface area contributed by atoms with E-state index < -0.39 is 0 Å². The molecule has 0 fully saturated rings. The van der Waals surface area contributed by atoms with Crippen LogP contribution in [-0.4, -0.2) is 4.57 Å². The highest BCUT2D eigenvalue weighted by Crippen LogP contribution is 2.51. The van der Waals surface area contributed by atoms with Crippen LogP contribution >= 0.6 is 0 Å². The second-order valence-electron chi connectivity index (χ2n) is 14.3. The molecule has 0 saturated carbocycles. The molecule has 0 bridgehead atoms. The second-order valence-corrected chi connectivity index (χ2v) is 14.3. The third kappa shape index (κ3) is 4.32. The number of furan rings is 2. The number of aromatic nitrogens is 1. The fourth-order valence-corrected chi connectivity index (χ4v) is 9.13. The summed E-state index contributed by atoms with van der Waals surface area (Å²) in [6.07, 6.45) is 0. The summed E-state index contributed by atoms with van der Waals surface area (Å²) in [4.78, 5) is 0. The molecule has 3 heteroatoms. The molecule has 12 rings (SSSR count). The summed E-state index contributed by atoms with van der Waals surface area (Å²) < 4.78 is 15.9. The van der Waals surface area contributed by atoms with E-state index in [4.69, 9.17) is 8.83 Å². The number of hydrogen-bond donors (Lipinski definition) is 0. The molecule has 55 heavy (non-hydrogen) atoms. The van der Waals surface area contributed by atoms with Gasteiger partial charge in [-0.25, -0.2) is 0 Å². The maximum atomic E-state index is 6.76. The summed E-state index contributed by atoms with van der Waals surface area (Å²) in [5.74, 6) is 0.822. The number of nitrogens with zero attached hydrogens (tertiary/aromatic N) is 1. The molecule has 0 unspecified atom stereocenters. The van der Waals surface area contributed by atoms with Crippen LogP contribution in [0.2, 0.25) is 0 Å². The molecule has 0 spiro atoms. The predicted molar refractivity (Wildman–Crippen MR) is 229 cm³/mol. The van der Waals surface area contributed by atoms with Gasteiger partial charge < -0.3 is 13.4 Å². The summed E-state index contributed by atoms with van der Waals surface area (Å²) >= 11 is 0. The van der Waals surface area contributed by atoms with Crippen LogP contribution in [0.4, 0.5) is 0 Å². The average molecular weight is 702 g/mol. The van der Waals surface area contributed by atoms with E-state index in [9.17, 15) is 0 Å². The largest absolute Gasteiger partial charge is 0.456 e. The Kier molecular flexibility index (Phi) is 6.34. The Morgan fingerprint density at radius 3 is 1.62 bits per heavy atom. The Bertz CT molecular complexity index is 3420. The van der Waals surface area contributed by atoms with E-state index in [2.05, 4.69) is 168 Å². The molecule has 0 aliphatic heterocycles. The van der Waals surface area contributed by atoms with Crippen molar-refractivity contribution in [3.05, 3.63) is 188 Å². The number of benzene rings is 9. The van der Waals surface area contributed by atoms with Crippen LogP contribution in [0, 0.1) is 0 Å². The van der Waals surface area contributed by atoms with Crippen molar-refractivity contribution in [1.82, 2.24) is 4.57 Å². The molecule has 12 aromatic rings. The van der Waals surface area contributed by atoms with Crippen LogP contribution in [0.15, 0.2) is 197 Å². The first-order valence-corrected chi connectivity index (χ1v) is 18.8. The average Bonchev–Trinajstić information content (AvgIpc) is 3.96. The molecule has 256 valence electrons. The van der Waals surface area contributed by atoms with Crippen LogP contribution < -0.4 is 0 Å². The SMILES string of the molecule is c1ccc(-c2cc3c(cc(-c4c5ccccc5c(-c5cccc6c5c5ccccc5n6-c5ccccc5)c5ccccc45)c4c5ccccc5oc34)o2)cc1. The van der Waals surface area contributed by atoms with Crippen LogP contribution in [0.5, 0.6) is 0 Å². The lowest BCUT2D eigenvalue weighted by atomic mass is 9.84. The van der Waals surface area contributed by atoms with Crippen molar-refractivity contribution in [2.45, 2.75) is 0 Å². The maximum Gasteiger partial charge on any atom is 0.147 e. The quantitative estimate of drug-likeness (QED) is 0.171. The van der Waals surface area contributed by atoms with Gasteiger partial charge in [-0.05, 0) is 86.3 Å². The smallest absolute Gasteiger partial charge is 0.147 e. The third-order valence-corrected chi connectivity index (χ3v) is 11.4. The molecule has 3 aromatic heterocycles. The third-order valence-electron chi connectivity index (χ3n) is 11.4. The lowest BCUT2D eigenvalue weighted by molar-refractivity contribution is 0.631. The van der Waals surface area contributed by atoms with E-state index in [1.807, 2.05) is 24.3 Å². The molecule has 3 nitrogen and oxygen atoms in total. The van der Waals surface area contributed by atoms with Gasteiger partial charge in [0, 0.05) is 32.8 Å². The highest BCUT2D eigenvalue weighted by atomic mass is 16.3. The van der Waals surface area contributed by atoms with E-state index in [0.29, 0.717) is 0 Å². The first-order valence-electron chi connectivity index (χ1n) is 18.8. The lowest BCUT2D eigenvalue weighted by Gasteiger charge is -2.19. The normalized spacial score (nSPS) is 12.0. The zero-order valence-electron chi connectivity index (χ0n) is 29.7. The summed E-state index contributed by atoms with van der Waals surface area (Å²) in [5.41, 5.74) is 11.8. The van der Waals surface area contributed by atoms with Gasteiger partial charge in [0.05, 0.1) is 16.4 Å². The molecule has 0 aliphatic rings. The fraction of sp³-hybridized carbons (Fsp3) is 0. The van der Waals surface area contributed by atoms with Crippen LogP contribution in [0.25, 0.3) is 116 Å². The molecule has 0 aliphatic carbocycles. The number of hydrogen-bond acceptors (Lipinski definition) is 2. The lowest BCUT2D eigenvalue weighted by Crippen LogP contribution is -1.94. The maximum absolute atomic E-state index is 6.76. The molecule has 0 amide bonds. The van der Waals surface area contributed by atoms with Crippen molar-refractivity contribution < 1.29 is 8.83 Å². The van der Waals surface area contributed by atoms with Crippen molar-refractivity contribution in [2.24, 2.45) is 0 Å². The summed E-state index contributed by atoms with van der Waals surface area (Å²) in [7, 11) is 0. The molecule has 0 radical (unpaired) electrons. The number of fused-ring (bicyclic) bond motifs is 10. The molecular formula is C52H31NO2. The first kappa shape index (κ1) is 30.1. The number of rotatable bonds is 4. The van der Waals surface area contributed by atoms with Gasteiger partial charge >= 0.3 is 0 Å². The van der Waals surface area contributed by atoms with Gasteiger partial charge in [-0.2, -0.15) is 0 Å². The zero-order valence-corrected chi connectivity index (χ0v) is 29.7. The highest BCUT2D eigenvalue weighted by Gasteiger charge is 2.25. The van der Waals surface area contributed by atoms with Gasteiger partial charge in [0.25, 0.3) is 0 Å². The standard InChI is InChI=1S/C52H31NO2/c1-3-16-32(17-4-1)46-30-41-47(54-46)31-42(51-39-25-12-14-29-45(39)55-52(41)51)49-36-22-9-7-20-34(36)48(35-21-8-10-23-37(35)49)40-26-15-28-44-50(40)38-24-11-13-27-43(38)53(44)33-18-5-2-6-19-33/h1-31H. The van der Waals surface area contributed by atoms with Gasteiger partial charge in [0.2, 0.25) is 0 Å². The van der Waals surface area contributed by atoms with E-state index in [-0.39, 0.29) is 0 Å². The van der Waals surface area contributed by atoms with Gasteiger partial charge in [-0.1, -0.05) is 146 Å². The van der Waals surface area contributed by atoms with Crippen molar-refractivity contribution >= 4 is 76.3 Å². The Hall–Kier alpha value is -7.36. The van der Waals surface area contributed by atoms with Gasteiger partial charge in [0.15, 0.2) is 0 Å². The monoisotopic (exact) mass is 701 g/mol. The van der Waals surface area contributed by atoms with E-state index >= 15 is 0 Å². The van der Waals surface area contributed by atoms with Crippen LogP contribution in [0.1, 0.15) is 0 Å². The molecular weight excluding hydrogens is 671 g/mol. The molecule has 0 atom stereocenters. The highest BCUT2D eigenvalue weighted by molar-refractivity contribution is 6.30. The minimum atomic E-state index is 0.802. The number of para-hydroxylation sites is 3. The Balaban J connectivity index is 1.22. The van der Waals surface area contributed by atoms with E-state index in [0.717, 1.165) is 55.5 Å². The first-order chi connectivity index (χ1) is 27.3. The Morgan fingerprint density at radius 2 is 0.909 bits per heavy atom. The van der Waals surface area contributed by atoms with Gasteiger partial charge in [-0.3, -0.25) is 0 Å². The van der Waals surface area contributed by atoms with E-state index in [1.165, 1.54) is 60.0 Å². The minimum Gasteiger partial charge on any atom is -0.456 e. The van der Waals surface area contributed by atoms with Gasteiger partial charge in [0.1, 0.15) is 22.5 Å². The zero-order chi connectivity index (χ0) is 36.0. The van der Waals surface area contributed by atoms with Gasteiger partial charge in [-0.15, -0.1) is 0 Å². The Morgan fingerprint density at radius 1 is 0.345 bits per heavy atom. The molecule has 3 heterocycles. The summed E-state index contributed by atoms with van der Waals surface area (Å²) in [5, 5.41) is 10.4. The summed E-state index contributed by atoms with van der Waals surface area (Å²) in [6.45, 7) is 0. The molecule has 0 N–H and O–H groups in total. The minimum absolute atomic E-state index is 0.802. The van der Waals surface area contributed by atoms with Crippen molar-refractivity contribution in [1.29, 1.82) is 0 Å². The molecule has 9 aromatic carbocycles. The van der Waals surface area contributed by atoms with Crippen molar-refractivity contribution in [3.63, 3.8) is 0 Å². The summed E-state index contributed by atoms with van der Waals surface area (Å²) in [6, 6.07) is 67.1. The van der Waals surface area contributed by atoms with Crippen molar-refractivity contribution in [3.8, 4) is 39.3 Å².